The number of hydrogen-bond acceptors (Lipinski definition) is 3. The number of aromatic nitrogens is 2. The third-order valence-corrected chi connectivity index (χ3v) is 4.01. The van der Waals surface area contributed by atoms with Gasteiger partial charge in [0.25, 0.3) is 5.56 Å². The van der Waals surface area contributed by atoms with Gasteiger partial charge in [0.15, 0.2) is 5.02 Å². The minimum atomic E-state index is -0.572. The molecule has 0 aromatic carbocycles. The van der Waals surface area contributed by atoms with Gasteiger partial charge in [-0.3, -0.25) is 14.3 Å². The number of H-pyrrole nitrogens is 1. The fourth-order valence-electron chi connectivity index (χ4n) is 2.85. The third kappa shape index (κ3) is 1.60. The molecule has 0 bridgehead atoms. The standard InChI is InChI=1S/C11H13ClN2O3/c12-8-9(15)13-11(16)14-7-4-2-1-3-6(7)5-17-10(8)14/h6-7H,1-5H2,(H,13,15,16)/t6-,7-/m0/s1. The lowest BCUT2D eigenvalue weighted by molar-refractivity contribution is 0.0926. The normalized spacial score (nSPS) is 26.9. The SMILES string of the molecule is O=c1[nH]c(=O)n2c(c1Cl)OC[C@@H]1CCCC[C@@H]12. The van der Waals surface area contributed by atoms with E-state index in [0.717, 1.165) is 19.3 Å². The van der Waals surface area contributed by atoms with E-state index in [1.54, 1.807) is 0 Å². The molecule has 2 atom stereocenters. The van der Waals surface area contributed by atoms with Gasteiger partial charge in [0.05, 0.1) is 6.61 Å². The van der Waals surface area contributed by atoms with Gasteiger partial charge < -0.3 is 4.74 Å². The van der Waals surface area contributed by atoms with Crippen LogP contribution >= 0.6 is 11.6 Å². The van der Waals surface area contributed by atoms with Gasteiger partial charge >= 0.3 is 5.69 Å². The number of ether oxygens (including phenoxy) is 1. The molecule has 1 aliphatic carbocycles. The number of halogens is 1. The molecule has 2 aliphatic rings. The molecule has 1 N–H and O–H groups in total. The van der Waals surface area contributed by atoms with Crippen molar-refractivity contribution in [1.29, 1.82) is 0 Å². The summed E-state index contributed by atoms with van der Waals surface area (Å²) < 4.78 is 7.02. The summed E-state index contributed by atoms with van der Waals surface area (Å²) in [5.41, 5.74) is -0.983. The zero-order valence-electron chi connectivity index (χ0n) is 9.24. The number of fused-ring (bicyclic) bond motifs is 3. The Labute approximate surface area is 102 Å². The van der Waals surface area contributed by atoms with Gasteiger partial charge in [0.2, 0.25) is 5.88 Å². The Kier molecular flexibility index (Phi) is 2.50. The summed E-state index contributed by atoms with van der Waals surface area (Å²) in [5.74, 6) is 0.597. The van der Waals surface area contributed by atoms with E-state index in [2.05, 4.69) is 4.98 Å². The van der Waals surface area contributed by atoms with Crippen molar-refractivity contribution in [2.45, 2.75) is 31.7 Å². The molecule has 1 aromatic rings. The monoisotopic (exact) mass is 256 g/mol. The first-order valence-electron chi connectivity index (χ1n) is 5.85. The number of hydrogen-bond donors (Lipinski definition) is 1. The highest BCUT2D eigenvalue weighted by molar-refractivity contribution is 6.31. The molecule has 1 aromatic heterocycles. The van der Waals surface area contributed by atoms with Crippen molar-refractivity contribution in [1.82, 2.24) is 9.55 Å². The molecule has 0 radical (unpaired) electrons. The maximum absolute atomic E-state index is 11.9. The molecule has 92 valence electrons. The van der Waals surface area contributed by atoms with Crippen molar-refractivity contribution in [3.8, 4) is 5.88 Å². The molecular weight excluding hydrogens is 244 g/mol. The Bertz CT molecular complexity index is 563. The summed E-state index contributed by atoms with van der Waals surface area (Å²) in [6, 6.07) is 0.120. The Balaban J connectivity index is 2.20. The zero-order valence-corrected chi connectivity index (χ0v) is 10.00. The lowest BCUT2D eigenvalue weighted by Gasteiger charge is -2.37. The van der Waals surface area contributed by atoms with Crippen LogP contribution in [0.5, 0.6) is 5.88 Å². The highest BCUT2D eigenvalue weighted by Crippen LogP contribution is 2.39. The summed E-state index contributed by atoms with van der Waals surface area (Å²) in [6.07, 6.45) is 4.28. The van der Waals surface area contributed by atoms with Crippen molar-refractivity contribution in [2.75, 3.05) is 6.61 Å². The van der Waals surface area contributed by atoms with E-state index in [1.165, 1.54) is 11.0 Å². The van der Waals surface area contributed by atoms with Gasteiger partial charge in [-0.05, 0) is 12.8 Å². The summed E-state index contributed by atoms with van der Waals surface area (Å²) in [5, 5.41) is -0.0198. The lowest BCUT2D eigenvalue weighted by atomic mass is 9.84. The van der Waals surface area contributed by atoms with Crippen LogP contribution in [-0.4, -0.2) is 16.2 Å². The molecule has 0 saturated heterocycles. The van der Waals surface area contributed by atoms with Gasteiger partial charge in [-0.25, -0.2) is 4.79 Å². The van der Waals surface area contributed by atoms with Gasteiger partial charge in [-0.1, -0.05) is 24.4 Å². The summed E-state index contributed by atoms with van der Waals surface area (Å²) in [7, 11) is 0. The molecule has 3 rings (SSSR count). The topological polar surface area (TPSA) is 64.1 Å². The van der Waals surface area contributed by atoms with E-state index in [4.69, 9.17) is 16.3 Å². The van der Waals surface area contributed by atoms with Gasteiger partial charge in [-0.2, -0.15) is 0 Å². The first-order valence-corrected chi connectivity index (χ1v) is 6.23. The van der Waals surface area contributed by atoms with Crippen molar-refractivity contribution in [3.63, 3.8) is 0 Å². The number of nitrogens with one attached hydrogen (secondary N) is 1. The molecule has 0 spiro atoms. The molecule has 17 heavy (non-hydrogen) atoms. The first-order chi connectivity index (χ1) is 8.18. The molecule has 6 heteroatoms. The Morgan fingerprint density at radius 3 is 2.88 bits per heavy atom. The maximum atomic E-state index is 11.9. The fourth-order valence-corrected chi connectivity index (χ4v) is 3.04. The summed E-state index contributed by atoms with van der Waals surface area (Å²) in [4.78, 5) is 25.5. The average molecular weight is 257 g/mol. The molecule has 1 saturated carbocycles. The highest BCUT2D eigenvalue weighted by atomic mass is 35.5. The number of rotatable bonds is 0. The second kappa shape index (κ2) is 3.91. The van der Waals surface area contributed by atoms with Crippen molar-refractivity contribution in [3.05, 3.63) is 25.9 Å². The van der Waals surface area contributed by atoms with Gasteiger partial charge in [0, 0.05) is 12.0 Å². The summed E-state index contributed by atoms with van der Waals surface area (Å²) in [6.45, 7) is 0.549. The van der Waals surface area contributed by atoms with Crippen LogP contribution in [0.3, 0.4) is 0 Å². The highest BCUT2D eigenvalue weighted by Gasteiger charge is 2.35. The molecule has 1 aliphatic heterocycles. The molecule has 2 heterocycles. The second-order valence-electron chi connectivity index (χ2n) is 4.67. The zero-order chi connectivity index (χ0) is 12.0. The Hall–Kier alpha value is -1.23. The minimum absolute atomic E-state index is 0.0198. The van der Waals surface area contributed by atoms with Crippen LogP contribution < -0.4 is 16.0 Å². The van der Waals surface area contributed by atoms with E-state index in [9.17, 15) is 9.59 Å². The van der Waals surface area contributed by atoms with Gasteiger partial charge in [-0.15, -0.1) is 0 Å². The molecular formula is C11H13ClN2O3. The predicted octanol–water partition coefficient (Wildman–Crippen LogP) is 1.31. The van der Waals surface area contributed by atoms with Crippen LogP contribution in [-0.2, 0) is 0 Å². The van der Waals surface area contributed by atoms with Gasteiger partial charge in [0.1, 0.15) is 0 Å². The largest absolute Gasteiger partial charge is 0.477 e. The van der Waals surface area contributed by atoms with Crippen LogP contribution in [0, 0.1) is 5.92 Å². The predicted molar refractivity (Wildman–Crippen MR) is 62.8 cm³/mol. The second-order valence-corrected chi connectivity index (χ2v) is 5.05. The first kappa shape index (κ1) is 10.9. The maximum Gasteiger partial charge on any atom is 0.331 e. The minimum Gasteiger partial charge on any atom is -0.477 e. The number of nitrogens with zero attached hydrogens (tertiary/aromatic N) is 1. The van der Waals surface area contributed by atoms with E-state index in [-0.39, 0.29) is 16.9 Å². The molecule has 0 unspecified atom stereocenters. The number of aromatic amines is 1. The fraction of sp³-hybridized carbons (Fsp3) is 0.636. The molecule has 0 amide bonds. The van der Waals surface area contributed by atoms with E-state index in [0.29, 0.717) is 12.5 Å². The average Bonchev–Trinajstić information content (AvgIpc) is 2.35. The van der Waals surface area contributed by atoms with Crippen molar-refractivity contribution >= 4 is 11.6 Å². The Morgan fingerprint density at radius 2 is 2.06 bits per heavy atom. The van der Waals surface area contributed by atoms with E-state index >= 15 is 0 Å². The smallest absolute Gasteiger partial charge is 0.331 e. The molecule has 1 fully saturated rings. The quantitative estimate of drug-likeness (QED) is 0.761. The van der Waals surface area contributed by atoms with Crippen LogP contribution in [0.15, 0.2) is 9.59 Å². The third-order valence-electron chi connectivity index (χ3n) is 3.68. The molecule has 5 nitrogen and oxygen atoms in total. The Morgan fingerprint density at radius 1 is 1.29 bits per heavy atom. The van der Waals surface area contributed by atoms with Crippen LogP contribution in [0.2, 0.25) is 5.02 Å². The lowest BCUT2D eigenvalue weighted by Crippen LogP contribution is -2.42. The van der Waals surface area contributed by atoms with Crippen LogP contribution in [0.1, 0.15) is 31.7 Å². The van der Waals surface area contributed by atoms with Crippen LogP contribution in [0.25, 0.3) is 0 Å². The van der Waals surface area contributed by atoms with Crippen molar-refractivity contribution < 1.29 is 4.74 Å². The van der Waals surface area contributed by atoms with E-state index < -0.39 is 11.2 Å². The van der Waals surface area contributed by atoms with Crippen LogP contribution in [0.4, 0.5) is 0 Å². The summed E-state index contributed by atoms with van der Waals surface area (Å²) >= 11 is 5.89. The van der Waals surface area contributed by atoms with E-state index in [1.807, 2.05) is 0 Å². The van der Waals surface area contributed by atoms with Crippen molar-refractivity contribution in [2.24, 2.45) is 5.92 Å².